The van der Waals surface area contributed by atoms with Crippen LogP contribution in [0.3, 0.4) is 0 Å². The van der Waals surface area contributed by atoms with Crippen LogP contribution in [0.4, 0.5) is 0 Å². The SMILES string of the molecule is COc1cc(C[C@@H](CCCOC(=O)c2cc(OC)cc(OC)c2)[C@H](COC(=O)c2cc(OC)cc(OC)c2)Cc2cc(OC)cc(OC)c2)cc(OC)c1. The Balaban J connectivity index is 1.65. The van der Waals surface area contributed by atoms with Crippen LogP contribution in [-0.2, 0) is 22.3 Å². The summed E-state index contributed by atoms with van der Waals surface area (Å²) in [5.74, 6) is 3.16. The molecular formula is C42H50O12. The molecule has 12 heteroatoms. The highest BCUT2D eigenvalue weighted by Gasteiger charge is 2.26. The molecule has 0 heterocycles. The molecule has 0 amide bonds. The monoisotopic (exact) mass is 746 g/mol. The molecule has 0 aromatic heterocycles. The predicted molar refractivity (Wildman–Crippen MR) is 202 cm³/mol. The number of benzene rings is 4. The minimum Gasteiger partial charge on any atom is -0.497 e. The molecule has 4 rings (SSSR count). The summed E-state index contributed by atoms with van der Waals surface area (Å²) in [6.07, 6.45) is 2.23. The quantitative estimate of drug-likeness (QED) is 0.0629. The highest BCUT2D eigenvalue weighted by molar-refractivity contribution is 5.91. The maximum absolute atomic E-state index is 13.6. The minimum atomic E-state index is -0.523. The van der Waals surface area contributed by atoms with Crippen molar-refractivity contribution < 1.29 is 57.0 Å². The van der Waals surface area contributed by atoms with Crippen LogP contribution in [0.25, 0.3) is 0 Å². The van der Waals surface area contributed by atoms with Gasteiger partial charge in [-0.15, -0.1) is 0 Å². The van der Waals surface area contributed by atoms with E-state index in [1.54, 1.807) is 70.9 Å². The Morgan fingerprint density at radius 1 is 0.426 bits per heavy atom. The molecule has 4 aromatic rings. The number of carbonyl (C=O) groups excluding carboxylic acids is 2. The van der Waals surface area contributed by atoms with Gasteiger partial charge >= 0.3 is 11.9 Å². The van der Waals surface area contributed by atoms with E-state index in [0.717, 1.165) is 11.1 Å². The normalized spacial score (nSPS) is 11.8. The fourth-order valence-corrected chi connectivity index (χ4v) is 6.15. The standard InChI is InChI=1S/C42H50O12/c1-45-33-14-27(15-34(22-33)46-2)12-29(10-9-11-53-41(43)30-18-37(49-5)24-38(19-30)50-6)32(13-28-16-35(47-3)23-36(17-28)48-4)26-54-42(44)31-20-39(51-7)25-40(21-31)52-8/h14-25,29,32H,9-13,26H2,1-8H3/t29-,32+/m1/s1. The molecular weight excluding hydrogens is 696 g/mol. The molecule has 0 aliphatic heterocycles. The van der Waals surface area contributed by atoms with Gasteiger partial charge in [-0.3, -0.25) is 0 Å². The van der Waals surface area contributed by atoms with Crippen LogP contribution < -0.4 is 37.9 Å². The third-order valence-electron chi connectivity index (χ3n) is 9.04. The molecule has 0 bridgehead atoms. The lowest BCUT2D eigenvalue weighted by Gasteiger charge is -2.28. The summed E-state index contributed by atoms with van der Waals surface area (Å²) in [5.41, 5.74) is 2.51. The van der Waals surface area contributed by atoms with Crippen LogP contribution in [0, 0.1) is 11.8 Å². The molecule has 0 N–H and O–H groups in total. The van der Waals surface area contributed by atoms with Gasteiger partial charge < -0.3 is 47.4 Å². The molecule has 2 atom stereocenters. The second-order valence-corrected chi connectivity index (χ2v) is 12.4. The van der Waals surface area contributed by atoms with Crippen LogP contribution in [0.15, 0.2) is 72.8 Å². The van der Waals surface area contributed by atoms with Crippen LogP contribution in [-0.4, -0.2) is 82.0 Å². The van der Waals surface area contributed by atoms with Crippen LogP contribution in [0.1, 0.15) is 44.7 Å². The van der Waals surface area contributed by atoms with Crippen LogP contribution in [0.5, 0.6) is 46.0 Å². The van der Waals surface area contributed by atoms with E-state index in [2.05, 4.69) is 0 Å². The van der Waals surface area contributed by atoms with E-state index >= 15 is 0 Å². The average Bonchev–Trinajstić information content (AvgIpc) is 3.22. The lowest BCUT2D eigenvalue weighted by molar-refractivity contribution is 0.0361. The largest absolute Gasteiger partial charge is 0.497 e. The lowest BCUT2D eigenvalue weighted by Crippen LogP contribution is -2.27. The number of ether oxygens (including phenoxy) is 10. The van der Waals surface area contributed by atoms with E-state index in [1.165, 1.54) is 28.4 Å². The van der Waals surface area contributed by atoms with Gasteiger partial charge in [-0.1, -0.05) is 0 Å². The average molecular weight is 747 g/mol. The molecule has 0 spiro atoms. The number of rotatable bonds is 21. The molecule has 0 aliphatic rings. The van der Waals surface area contributed by atoms with Crippen molar-refractivity contribution in [3.8, 4) is 46.0 Å². The van der Waals surface area contributed by atoms with Crippen molar-refractivity contribution in [1.29, 1.82) is 0 Å². The Hall–Kier alpha value is -5.78. The van der Waals surface area contributed by atoms with Gasteiger partial charge in [-0.2, -0.15) is 0 Å². The van der Waals surface area contributed by atoms with Crippen molar-refractivity contribution in [3.05, 3.63) is 95.1 Å². The van der Waals surface area contributed by atoms with E-state index in [1.807, 2.05) is 30.3 Å². The van der Waals surface area contributed by atoms with Gasteiger partial charge in [-0.05, 0) is 91.3 Å². The van der Waals surface area contributed by atoms with Crippen molar-refractivity contribution in [3.63, 3.8) is 0 Å². The molecule has 0 fully saturated rings. The molecule has 12 nitrogen and oxygen atoms in total. The Bertz CT molecular complexity index is 1750. The highest BCUT2D eigenvalue weighted by Crippen LogP contribution is 2.33. The van der Waals surface area contributed by atoms with Crippen molar-refractivity contribution in [1.82, 2.24) is 0 Å². The van der Waals surface area contributed by atoms with Gasteiger partial charge in [0.25, 0.3) is 0 Å². The van der Waals surface area contributed by atoms with Gasteiger partial charge in [0.2, 0.25) is 0 Å². The number of esters is 2. The highest BCUT2D eigenvalue weighted by atomic mass is 16.5. The first-order valence-electron chi connectivity index (χ1n) is 17.4. The maximum Gasteiger partial charge on any atom is 0.338 e. The molecule has 0 unspecified atom stereocenters. The van der Waals surface area contributed by atoms with Gasteiger partial charge in [0.05, 0.1) is 81.2 Å². The summed E-state index contributed by atoms with van der Waals surface area (Å²) in [6, 6.07) is 21.2. The van der Waals surface area contributed by atoms with Crippen LogP contribution in [0.2, 0.25) is 0 Å². The van der Waals surface area contributed by atoms with Gasteiger partial charge in [0.1, 0.15) is 46.0 Å². The van der Waals surface area contributed by atoms with Gasteiger partial charge in [0.15, 0.2) is 0 Å². The molecule has 4 aromatic carbocycles. The molecule has 0 saturated heterocycles. The topological polar surface area (TPSA) is 126 Å². The second-order valence-electron chi connectivity index (χ2n) is 12.4. The van der Waals surface area contributed by atoms with Crippen molar-refractivity contribution in [2.75, 3.05) is 70.1 Å². The minimum absolute atomic E-state index is 0.0764. The Labute approximate surface area is 317 Å². The Morgan fingerprint density at radius 2 is 0.741 bits per heavy atom. The number of hydrogen-bond acceptors (Lipinski definition) is 12. The molecule has 0 radical (unpaired) electrons. The number of methoxy groups -OCH3 is 8. The zero-order chi connectivity index (χ0) is 39.0. The summed E-state index contributed by atoms with van der Waals surface area (Å²) in [7, 11) is 12.5. The third-order valence-corrected chi connectivity index (χ3v) is 9.04. The summed E-state index contributed by atoms with van der Waals surface area (Å²) < 4.78 is 55.5. The fraction of sp³-hybridized carbons (Fsp3) is 0.381. The van der Waals surface area contributed by atoms with E-state index in [-0.39, 0.29) is 25.0 Å². The maximum atomic E-state index is 13.6. The second kappa shape index (κ2) is 20.5. The summed E-state index contributed by atoms with van der Waals surface area (Å²) >= 11 is 0. The van der Waals surface area contributed by atoms with E-state index in [9.17, 15) is 9.59 Å². The van der Waals surface area contributed by atoms with Crippen molar-refractivity contribution >= 4 is 11.9 Å². The first-order valence-corrected chi connectivity index (χ1v) is 17.4. The summed E-state index contributed by atoms with van der Waals surface area (Å²) in [5, 5.41) is 0. The van der Waals surface area contributed by atoms with E-state index in [4.69, 9.17) is 47.4 Å². The molecule has 0 aliphatic carbocycles. The van der Waals surface area contributed by atoms with Crippen molar-refractivity contribution in [2.45, 2.75) is 25.7 Å². The fourth-order valence-electron chi connectivity index (χ4n) is 6.15. The Morgan fingerprint density at radius 3 is 1.09 bits per heavy atom. The van der Waals surface area contributed by atoms with Crippen LogP contribution >= 0.6 is 0 Å². The van der Waals surface area contributed by atoms with E-state index in [0.29, 0.717) is 82.8 Å². The van der Waals surface area contributed by atoms with Crippen molar-refractivity contribution in [2.24, 2.45) is 11.8 Å². The van der Waals surface area contributed by atoms with E-state index < -0.39 is 11.9 Å². The molecule has 0 saturated carbocycles. The first-order chi connectivity index (χ1) is 26.1. The first kappa shape index (κ1) is 41.0. The summed E-state index contributed by atoms with van der Waals surface area (Å²) in [6.45, 7) is 0.229. The summed E-state index contributed by atoms with van der Waals surface area (Å²) in [4.78, 5) is 26.7. The smallest absolute Gasteiger partial charge is 0.338 e. The van der Waals surface area contributed by atoms with Gasteiger partial charge in [0, 0.05) is 30.2 Å². The lowest BCUT2D eigenvalue weighted by atomic mass is 9.80. The van der Waals surface area contributed by atoms with Gasteiger partial charge in [-0.25, -0.2) is 9.59 Å². The third kappa shape index (κ3) is 11.6. The number of carbonyl (C=O) groups is 2. The zero-order valence-corrected chi connectivity index (χ0v) is 32.2. The molecule has 290 valence electrons. The predicted octanol–water partition coefficient (Wildman–Crippen LogP) is 7.27. The number of hydrogen-bond donors (Lipinski definition) is 0. The Kier molecular flexibility index (Phi) is 15.5. The zero-order valence-electron chi connectivity index (χ0n) is 32.2. The molecule has 54 heavy (non-hydrogen) atoms.